The van der Waals surface area contributed by atoms with Crippen LogP contribution >= 0.6 is 0 Å². The number of ether oxygens (including phenoxy) is 1. The second kappa shape index (κ2) is 8.31. The average molecular weight is 275 g/mol. The van der Waals surface area contributed by atoms with Gasteiger partial charge in [-0.25, -0.2) is 0 Å². The highest BCUT2D eigenvalue weighted by molar-refractivity contribution is 5.30. The molecule has 0 saturated heterocycles. The van der Waals surface area contributed by atoms with E-state index in [1.165, 1.54) is 50.5 Å². The molecule has 0 radical (unpaired) electrons. The lowest BCUT2D eigenvalue weighted by molar-refractivity contribution is 0.328. The van der Waals surface area contributed by atoms with Gasteiger partial charge in [-0.15, -0.1) is 0 Å². The molecule has 1 fully saturated rings. The number of methoxy groups -OCH3 is 1. The number of rotatable bonds is 7. The van der Waals surface area contributed by atoms with Gasteiger partial charge in [0.25, 0.3) is 0 Å². The van der Waals surface area contributed by atoms with Crippen LogP contribution in [0.2, 0.25) is 0 Å². The summed E-state index contributed by atoms with van der Waals surface area (Å²) >= 11 is 0. The maximum absolute atomic E-state index is 5.28. The SMILES string of the molecule is COc1cccc(C(C)NCCCC2CCCCC2)c1. The molecule has 0 aromatic heterocycles. The molecule has 0 heterocycles. The predicted octanol–water partition coefficient (Wildman–Crippen LogP) is 4.71. The van der Waals surface area contributed by atoms with Crippen LogP contribution in [0.5, 0.6) is 5.75 Å². The molecule has 1 aliphatic rings. The molecule has 1 saturated carbocycles. The van der Waals surface area contributed by atoms with Gasteiger partial charge in [0, 0.05) is 6.04 Å². The molecular weight excluding hydrogens is 246 g/mol. The Labute approximate surface area is 123 Å². The van der Waals surface area contributed by atoms with Crippen LogP contribution in [-0.2, 0) is 0 Å². The third kappa shape index (κ3) is 4.82. The molecule has 1 atom stereocenters. The Morgan fingerprint density at radius 3 is 2.80 bits per heavy atom. The summed E-state index contributed by atoms with van der Waals surface area (Å²) in [5, 5.41) is 3.63. The molecule has 0 aliphatic heterocycles. The summed E-state index contributed by atoms with van der Waals surface area (Å²) in [7, 11) is 1.72. The monoisotopic (exact) mass is 275 g/mol. The zero-order valence-electron chi connectivity index (χ0n) is 13.0. The van der Waals surface area contributed by atoms with Gasteiger partial charge >= 0.3 is 0 Å². The molecule has 20 heavy (non-hydrogen) atoms. The van der Waals surface area contributed by atoms with E-state index < -0.39 is 0 Å². The van der Waals surface area contributed by atoms with Crippen molar-refractivity contribution in [2.24, 2.45) is 5.92 Å². The summed E-state index contributed by atoms with van der Waals surface area (Å²) in [6, 6.07) is 8.75. The zero-order valence-corrected chi connectivity index (χ0v) is 13.0. The summed E-state index contributed by atoms with van der Waals surface area (Å²) < 4.78 is 5.28. The summed E-state index contributed by atoms with van der Waals surface area (Å²) in [5.74, 6) is 1.94. The highest BCUT2D eigenvalue weighted by Gasteiger charge is 2.13. The van der Waals surface area contributed by atoms with Gasteiger partial charge in [-0.3, -0.25) is 0 Å². The second-order valence-electron chi connectivity index (χ2n) is 6.10. The van der Waals surface area contributed by atoms with Crippen LogP contribution in [0.3, 0.4) is 0 Å². The van der Waals surface area contributed by atoms with E-state index in [1.54, 1.807) is 7.11 Å². The van der Waals surface area contributed by atoms with Gasteiger partial charge in [0.05, 0.1) is 7.11 Å². The molecule has 0 amide bonds. The Balaban J connectivity index is 1.67. The van der Waals surface area contributed by atoms with Gasteiger partial charge in [-0.2, -0.15) is 0 Å². The molecular formula is C18H29NO. The van der Waals surface area contributed by atoms with E-state index in [0.29, 0.717) is 6.04 Å². The third-order valence-corrected chi connectivity index (χ3v) is 4.56. The Morgan fingerprint density at radius 2 is 2.05 bits per heavy atom. The molecule has 1 aliphatic carbocycles. The largest absolute Gasteiger partial charge is 0.497 e. The van der Waals surface area contributed by atoms with Crippen LogP contribution < -0.4 is 10.1 Å². The average Bonchev–Trinajstić information content (AvgIpc) is 2.52. The van der Waals surface area contributed by atoms with Crippen LogP contribution in [-0.4, -0.2) is 13.7 Å². The Hall–Kier alpha value is -1.02. The lowest BCUT2D eigenvalue weighted by Gasteiger charge is -2.22. The van der Waals surface area contributed by atoms with E-state index in [0.717, 1.165) is 18.2 Å². The third-order valence-electron chi connectivity index (χ3n) is 4.56. The van der Waals surface area contributed by atoms with Crippen LogP contribution in [0.1, 0.15) is 63.5 Å². The van der Waals surface area contributed by atoms with E-state index in [1.807, 2.05) is 6.07 Å². The first kappa shape index (κ1) is 15.4. The smallest absolute Gasteiger partial charge is 0.119 e. The first-order valence-electron chi connectivity index (χ1n) is 8.17. The summed E-state index contributed by atoms with van der Waals surface area (Å²) in [5.41, 5.74) is 1.31. The first-order chi connectivity index (χ1) is 9.79. The normalized spacial score (nSPS) is 17.9. The van der Waals surface area contributed by atoms with Crippen molar-refractivity contribution in [2.75, 3.05) is 13.7 Å². The number of hydrogen-bond acceptors (Lipinski definition) is 2. The topological polar surface area (TPSA) is 21.3 Å². The molecule has 2 rings (SSSR count). The summed E-state index contributed by atoms with van der Waals surface area (Å²) in [6.07, 6.45) is 10.0. The minimum Gasteiger partial charge on any atom is -0.497 e. The van der Waals surface area contributed by atoms with Gasteiger partial charge in [0.1, 0.15) is 5.75 Å². The minimum atomic E-state index is 0.399. The van der Waals surface area contributed by atoms with Crippen molar-refractivity contribution in [2.45, 2.75) is 57.9 Å². The van der Waals surface area contributed by atoms with E-state index >= 15 is 0 Å². The standard InChI is InChI=1S/C18H29NO/c1-15(17-11-6-12-18(14-17)20-2)19-13-7-10-16-8-4-3-5-9-16/h6,11-12,14-16,19H,3-5,7-10,13H2,1-2H3. The van der Waals surface area contributed by atoms with Crippen LogP contribution in [0.25, 0.3) is 0 Å². The number of nitrogens with one attached hydrogen (secondary N) is 1. The van der Waals surface area contributed by atoms with Crippen molar-refractivity contribution in [1.29, 1.82) is 0 Å². The summed E-state index contributed by atoms with van der Waals surface area (Å²) in [4.78, 5) is 0. The molecule has 1 unspecified atom stereocenters. The molecule has 1 aromatic carbocycles. The van der Waals surface area contributed by atoms with Gasteiger partial charge in [0.15, 0.2) is 0 Å². The van der Waals surface area contributed by atoms with Crippen molar-refractivity contribution in [3.63, 3.8) is 0 Å². The van der Waals surface area contributed by atoms with Crippen molar-refractivity contribution in [3.05, 3.63) is 29.8 Å². The lowest BCUT2D eigenvalue weighted by atomic mass is 9.86. The quantitative estimate of drug-likeness (QED) is 0.728. The van der Waals surface area contributed by atoms with Crippen LogP contribution in [0.4, 0.5) is 0 Å². The fourth-order valence-corrected chi connectivity index (χ4v) is 3.21. The van der Waals surface area contributed by atoms with E-state index in [-0.39, 0.29) is 0 Å². The molecule has 2 heteroatoms. The molecule has 1 N–H and O–H groups in total. The van der Waals surface area contributed by atoms with E-state index in [2.05, 4.69) is 30.4 Å². The van der Waals surface area contributed by atoms with Gasteiger partial charge in [-0.05, 0) is 49.9 Å². The minimum absolute atomic E-state index is 0.399. The lowest BCUT2D eigenvalue weighted by Crippen LogP contribution is -2.20. The van der Waals surface area contributed by atoms with Gasteiger partial charge < -0.3 is 10.1 Å². The highest BCUT2D eigenvalue weighted by Crippen LogP contribution is 2.27. The highest BCUT2D eigenvalue weighted by atomic mass is 16.5. The first-order valence-corrected chi connectivity index (χ1v) is 8.17. The fourth-order valence-electron chi connectivity index (χ4n) is 3.21. The number of hydrogen-bond donors (Lipinski definition) is 1. The van der Waals surface area contributed by atoms with E-state index in [4.69, 9.17) is 4.74 Å². The molecule has 0 spiro atoms. The molecule has 1 aromatic rings. The Bertz CT molecular complexity index is 385. The van der Waals surface area contributed by atoms with Crippen molar-refractivity contribution in [3.8, 4) is 5.75 Å². The second-order valence-corrected chi connectivity index (χ2v) is 6.10. The molecule has 112 valence electrons. The predicted molar refractivity (Wildman–Crippen MR) is 85.2 cm³/mol. The van der Waals surface area contributed by atoms with E-state index in [9.17, 15) is 0 Å². The molecule has 2 nitrogen and oxygen atoms in total. The van der Waals surface area contributed by atoms with Crippen molar-refractivity contribution < 1.29 is 4.74 Å². The zero-order chi connectivity index (χ0) is 14.2. The fraction of sp³-hybridized carbons (Fsp3) is 0.667. The van der Waals surface area contributed by atoms with Crippen molar-refractivity contribution >= 4 is 0 Å². The van der Waals surface area contributed by atoms with Crippen LogP contribution in [0, 0.1) is 5.92 Å². The van der Waals surface area contributed by atoms with Gasteiger partial charge in [0.2, 0.25) is 0 Å². The maximum Gasteiger partial charge on any atom is 0.119 e. The maximum atomic E-state index is 5.28. The Morgan fingerprint density at radius 1 is 1.25 bits per heavy atom. The Kier molecular flexibility index (Phi) is 6.38. The molecule has 0 bridgehead atoms. The van der Waals surface area contributed by atoms with Gasteiger partial charge in [-0.1, -0.05) is 44.2 Å². The van der Waals surface area contributed by atoms with Crippen LogP contribution in [0.15, 0.2) is 24.3 Å². The number of benzene rings is 1. The summed E-state index contributed by atoms with van der Waals surface area (Å²) in [6.45, 7) is 3.35. The van der Waals surface area contributed by atoms with Crippen molar-refractivity contribution in [1.82, 2.24) is 5.32 Å².